The molecule has 0 aromatic carbocycles. The monoisotopic (exact) mass is 257 g/mol. The highest BCUT2D eigenvalue weighted by Crippen LogP contribution is 2.28. The van der Waals surface area contributed by atoms with Crippen LogP contribution in [0.3, 0.4) is 0 Å². The molecule has 0 radical (unpaired) electrons. The Morgan fingerprint density at radius 2 is 1.94 bits per heavy atom. The van der Waals surface area contributed by atoms with Crippen LogP contribution in [0, 0.1) is 0 Å². The SMILES string of the molecule is O=Cc1c(C(F)F)cc(=O)[nH]c1OC(F)(F)F. The topological polar surface area (TPSA) is 59.2 Å². The summed E-state index contributed by atoms with van der Waals surface area (Å²) < 4.78 is 63.6. The highest BCUT2D eigenvalue weighted by atomic mass is 19.4. The number of aromatic nitrogens is 1. The molecule has 0 spiro atoms. The number of aromatic amines is 1. The van der Waals surface area contributed by atoms with Crippen LogP contribution in [0.2, 0.25) is 0 Å². The van der Waals surface area contributed by atoms with Crippen molar-refractivity contribution in [2.24, 2.45) is 0 Å². The summed E-state index contributed by atoms with van der Waals surface area (Å²) in [6.07, 6.45) is -8.73. The van der Waals surface area contributed by atoms with Gasteiger partial charge in [-0.25, -0.2) is 8.78 Å². The molecule has 94 valence electrons. The van der Waals surface area contributed by atoms with Crippen molar-refractivity contribution in [2.45, 2.75) is 12.8 Å². The lowest BCUT2D eigenvalue weighted by atomic mass is 10.1. The van der Waals surface area contributed by atoms with Gasteiger partial charge in [0.25, 0.3) is 12.0 Å². The van der Waals surface area contributed by atoms with Crippen LogP contribution >= 0.6 is 0 Å². The molecule has 1 aromatic heterocycles. The largest absolute Gasteiger partial charge is 0.574 e. The number of carbonyl (C=O) groups excluding carboxylic acids is 1. The summed E-state index contributed by atoms with van der Waals surface area (Å²) in [6, 6.07) is 0.331. The number of nitrogens with one attached hydrogen (secondary N) is 1. The maximum Gasteiger partial charge on any atom is 0.574 e. The van der Waals surface area contributed by atoms with E-state index in [1.807, 2.05) is 0 Å². The second-order valence-corrected chi connectivity index (χ2v) is 2.80. The van der Waals surface area contributed by atoms with E-state index < -0.39 is 35.4 Å². The van der Waals surface area contributed by atoms with E-state index in [9.17, 15) is 31.5 Å². The number of H-pyrrole nitrogens is 1. The Morgan fingerprint density at radius 1 is 1.35 bits per heavy atom. The summed E-state index contributed by atoms with van der Waals surface area (Å²) in [7, 11) is 0. The molecule has 0 fully saturated rings. The fourth-order valence-electron chi connectivity index (χ4n) is 1.06. The van der Waals surface area contributed by atoms with E-state index in [1.54, 1.807) is 0 Å². The molecule has 0 aliphatic rings. The predicted molar refractivity (Wildman–Crippen MR) is 44.1 cm³/mol. The number of alkyl halides is 5. The lowest BCUT2D eigenvalue weighted by Gasteiger charge is -2.12. The molecule has 0 amide bonds. The summed E-state index contributed by atoms with van der Waals surface area (Å²) >= 11 is 0. The number of halogens is 5. The van der Waals surface area contributed by atoms with E-state index in [0.29, 0.717) is 6.07 Å². The van der Waals surface area contributed by atoms with Gasteiger partial charge in [-0.05, 0) is 0 Å². The number of hydrogen-bond acceptors (Lipinski definition) is 3. The van der Waals surface area contributed by atoms with E-state index in [1.165, 1.54) is 4.98 Å². The lowest BCUT2D eigenvalue weighted by Crippen LogP contribution is -2.22. The molecule has 4 nitrogen and oxygen atoms in total. The normalized spacial score (nSPS) is 11.6. The van der Waals surface area contributed by atoms with Gasteiger partial charge in [0.1, 0.15) is 0 Å². The Hall–Kier alpha value is -1.93. The fraction of sp³-hybridized carbons (Fsp3) is 0.250. The van der Waals surface area contributed by atoms with Crippen molar-refractivity contribution in [3.05, 3.63) is 27.5 Å². The smallest absolute Gasteiger partial charge is 0.389 e. The second-order valence-electron chi connectivity index (χ2n) is 2.80. The van der Waals surface area contributed by atoms with E-state index in [2.05, 4.69) is 4.74 Å². The highest BCUT2D eigenvalue weighted by molar-refractivity contribution is 5.80. The first-order chi connectivity index (χ1) is 7.74. The summed E-state index contributed by atoms with van der Waals surface area (Å²) in [5.74, 6) is -1.35. The molecule has 0 atom stereocenters. The molecule has 0 saturated carbocycles. The zero-order valence-electron chi connectivity index (χ0n) is 7.85. The zero-order chi connectivity index (χ0) is 13.2. The third-order valence-electron chi connectivity index (χ3n) is 1.65. The van der Waals surface area contributed by atoms with Crippen molar-refractivity contribution in [1.29, 1.82) is 0 Å². The summed E-state index contributed by atoms with van der Waals surface area (Å²) in [4.78, 5) is 22.8. The van der Waals surface area contributed by atoms with Gasteiger partial charge in [-0.3, -0.25) is 14.6 Å². The molecular weight excluding hydrogens is 253 g/mol. The van der Waals surface area contributed by atoms with Crippen molar-refractivity contribution in [3.63, 3.8) is 0 Å². The first kappa shape index (κ1) is 13.1. The van der Waals surface area contributed by atoms with Crippen molar-refractivity contribution < 1.29 is 31.5 Å². The van der Waals surface area contributed by atoms with Crippen LogP contribution in [0.5, 0.6) is 5.88 Å². The van der Waals surface area contributed by atoms with Gasteiger partial charge in [-0.1, -0.05) is 0 Å². The first-order valence-corrected chi connectivity index (χ1v) is 4.01. The number of hydrogen-bond donors (Lipinski definition) is 1. The predicted octanol–water partition coefficient (Wildman–Crippen LogP) is 2.02. The highest BCUT2D eigenvalue weighted by Gasteiger charge is 2.34. The third kappa shape index (κ3) is 3.26. The molecule has 1 heterocycles. The lowest BCUT2D eigenvalue weighted by molar-refractivity contribution is -0.276. The molecule has 1 aromatic rings. The standard InChI is InChI=1S/C8H4F5NO3/c9-6(10)3-1-5(16)14-7(4(3)2-15)17-8(11,12)13/h1-2,6H,(H,14,16). The van der Waals surface area contributed by atoms with Crippen LogP contribution in [-0.4, -0.2) is 17.6 Å². The molecule has 1 rings (SSSR count). The van der Waals surface area contributed by atoms with Gasteiger partial charge in [-0.15, -0.1) is 13.2 Å². The minimum atomic E-state index is -5.21. The number of pyridine rings is 1. The maximum absolute atomic E-state index is 12.4. The van der Waals surface area contributed by atoms with Gasteiger partial charge in [0.2, 0.25) is 5.88 Å². The molecule has 0 saturated heterocycles. The Kier molecular flexibility index (Phi) is 3.49. The minimum Gasteiger partial charge on any atom is -0.389 e. The quantitative estimate of drug-likeness (QED) is 0.665. The van der Waals surface area contributed by atoms with Crippen molar-refractivity contribution >= 4 is 6.29 Å². The molecule has 0 aliphatic carbocycles. The maximum atomic E-state index is 12.4. The van der Waals surface area contributed by atoms with Crippen LogP contribution in [0.15, 0.2) is 10.9 Å². The van der Waals surface area contributed by atoms with Gasteiger partial charge < -0.3 is 4.74 Å². The molecular formula is C8H4F5NO3. The zero-order valence-corrected chi connectivity index (χ0v) is 7.85. The van der Waals surface area contributed by atoms with Gasteiger partial charge in [0.15, 0.2) is 6.29 Å². The van der Waals surface area contributed by atoms with Gasteiger partial charge in [0.05, 0.1) is 5.56 Å². The van der Waals surface area contributed by atoms with E-state index in [4.69, 9.17) is 0 Å². The van der Waals surface area contributed by atoms with Crippen LogP contribution in [0.1, 0.15) is 22.3 Å². The van der Waals surface area contributed by atoms with Crippen molar-refractivity contribution in [2.75, 3.05) is 0 Å². The number of aldehydes is 1. The average Bonchev–Trinajstić information content (AvgIpc) is 2.14. The third-order valence-corrected chi connectivity index (χ3v) is 1.65. The van der Waals surface area contributed by atoms with Crippen LogP contribution in [0.4, 0.5) is 22.0 Å². The number of ether oxygens (including phenoxy) is 1. The number of rotatable bonds is 3. The Morgan fingerprint density at radius 3 is 2.35 bits per heavy atom. The van der Waals surface area contributed by atoms with Crippen LogP contribution in [-0.2, 0) is 0 Å². The molecule has 17 heavy (non-hydrogen) atoms. The Bertz CT molecular complexity index is 479. The Labute approximate surface area is 90.0 Å². The molecule has 0 unspecified atom stereocenters. The fourth-order valence-corrected chi connectivity index (χ4v) is 1.06. The van der Waals surface area contributed by atoms with Crippen LogP contribution in [0.25, 0.3) is 0 Å². The van der Waals surface area contributed by atoms with Crippen molar-refractivity contribution in [3.8, 4) is 5.88 Å². The summed E-state index contributed by atoms with van der Waals surface area (Å²) in [5.41, 5.74) is -3.40. The summed E-state index contributed by atoms with van der Waals surface area (Å²) in [5, 5.41) is 0. The van der Waals surface area contributed by atoms with Crippen molar-refractivity contribution in [1.82, 2.24) is 4.98 Å². The van der Waals surface area contributed by atoms with E-state index in [0.717, 1.165) is 0 Å². The van der Waals surface area contributed by atoms with Crippen LogP contribution < -0.4 is 10.3 Å². The average molecular weight is 257 g/mol. The van der Waals surface area contributed by atoms with E-state index >= 15 is 0 Å². The molecule has 0 aliphatic heterocycles. The number of carbonyl (C=O) groups is 1. The van der Waals surface area contributed by atoms with Gasteiger partial charge in [-0.2, -0.15) is 0 Å². The van der Waals surface area contributed by atoms with Gasteiger partial charge in [0, 0.05) is 11.6 Å². The first-order valence-electron chi connectivity index (χ1n) is 4.01. The Balaban J connectivity index is 3.38. The summed E-state index contributed by atoms with van der Waals surface area (Å²) in [6.45, 7) is 0. The molecule has 0 bridgehead atoms. The minimum absolute atomic E-state index is 0.251. The molecule has 1 N–H and O–H groups in total. The second kappa shape index (κ2) is 4.52. The molecule has 9 heteroatoms. The van der Waals surface area contributed by atoms with Gasteiger partial charge >= 0.3 is 6.36 Å². The van der Waals surface area contributed by atoms with E-state index in [-0.39, 0.29) is 6.29 Å².